The highest BCUT2D eigenvalue weighted by Crippen LogP contribution is 2.22. The number of unbranched alkanes of at least 4 members (excludes halogenated alkanes) is 2. The van der Waals surface area contributed by atoms with Gasteiger partial charge >= 0.3 is 0 Å². The fourth-order valence-corrected chi connectivity index (χ4v) is 3.16. The Bertz CT molecular complexity index is 923. The summed E-state index contributed by atoms with van der Waals surface area (Å²) in [6.07, 6.45) is 3.28. The van der Waals surface area contributed by atoms with Crippen LogP contribution in [0.2, 0.25) is 0 Å². The van der Waals surface area contributed by atoms with Crippen LogP contribution in [0.4, 0.5) is 0 Å². The van der Waals surface area contributed by atoms with E-state index in [9.17, 15) is 9.59 Å². The zero-order valence-corrected chi connectivity index (χ0v) is 17.0. The van der Waals surface area contributed by atoms with Gasteiger partial charge in [0, 0.05) is 5.56 Å². The van der Waals surface area contributed by atoms with Crippen LogP contribution in [-0.2, 0) is 4.79 Å². The van der Waals surface area contributed by atoms with Crippen molar-refractivity contribution in [3.05, 3.63) is 54.1 Å². The lowest BCUT2D eigenvalue weighted by molar-refractivity contribution is -0.119. The van der Waals surface area contributed by atoms with E-state index in [0.717, 1.165) is 42.3 Å². The van der Waals surface area contributed by atoms with Gasteiger partial charge in [-0.1, -0.05) is 43.7 Å². The fourth-order valence-electron chi connectivity index (χ4n) is 2.52. The number of ether oxygens (including phenoxy) is 1. The number of amides is 2. The molecule has 0 saturated heterocycles. The molecule has 29 heavy (non-hydrogen) atoms. The summed E-state index contributed by atoms with van der Waals surface area (Å²) in [5, 5.41) is 0.405. The van der Waals surface area contributed by atoms with Crippen molar-refractivity contribution in [3.63, 3.8) is 0 Å². The molecule has 1 heterocycles. The Labute approximate surface area is 173 Å². The van der Waals surface area contributed by atoms with E-state index in [1.807, 2.05) is 24.3 Å². The molecule has 0 unspecified atom stereocenters. The number of para-hydroxylation sites is 2. The Balaban J connectivity index is 1.40. The van der Waals surface area contributed by atoms with Crippen molar-refractivity contribution in [2.45, 2.75) is 31.4 Å². The largest absolute Gasteiger partial charge is 0.494 e. The molecule has 152 valence electrons. The average molecular weight is 413 g/mol. The number of carbonyl (C=O) groups is 2. The van der Waals surface area contributed by atoms with E-state index in [-0.39, 0.29) is 11.7 Å². The number of nitrogens with zero attached hydrogens (tertiary/aromatic N) is 1. The average Bonchev–Trinajstić information content (AvgIpc) is 3.17. The van der Waals surface area contributed by atoms with Crippen LogP contribution in [0.5, 0.6) is 5.75 Å². The summed E-state index contributed by atoms with van der Waals surface area (Å²) in [4.78, 5) is 28.4. The second-order valence-electron chi connectivity index (χ2n) is 6.32. The Hall–Kier alpha value is -3.00. The van der Waals surface area contributed by atoms with Crippen LogP contribution in [0.15, 0.2) is 58.2 Å². The second kappa shape index (κ2) is 10.5. The molecule has 2 aromatic carbocycles. The molecule has 8 heteroatoms. The summed E-state index contributed by atoms with van der Waals surface area (Å²) >= 11 is 1.16. The van der Waals surface area contributed by atoms with Crippen molar-refractivity contribution in [3.8, 4) is 5.75 Å². The number of benzene rings is 2. The lowest BCUT2D eigenvalue weighted by Crippen LogP contribution is -2.42. The quantitative estimate of drug-likeness (QED) is 0.313. The number of thioether (sulfide) groups is 1. The Morgan fingerprint density at radius 3 is 2.62 bits per heavy atom. The first-order valence-electron chi connectivity index (χ1n) is 9.46. The maximum Gasteiger partial charge on any atom is 0.269 e. The van der Waals surface area contributed by atoms with Crippen LogP contribution in [0.3, 0.4) is 0 Å². The molecule has 2 amide bonds. The third-order valence-corrected chi connectivity index (χ3v) is 4.88. The summed E-state index contributed by atoms with van der Waals surface area (Å²) in [5.41, 5.74) is 6.62. The van der Waals surface area contributed by atoms with Gasteiger partial charge in [0.15, 0.2) is 5.58 Å². The molecular formula is C21H23N3O4S. The molecule has 0 saturated carbocycles. The molecule has 3 rings (SSSR count). The maximum atomic E-state index is 12.1. The molecule has 0 aliphatic carbocycles. The second-order valence-corrected chi connectivity index (χ2v) is 7.25. The van der Waals surface area contributed by atoms with Crippen LogP contribution in [0.1, 0.15) is 36.5 Å². The highest BCUT2D eigenvalue weighted by atomic mass is 32.2. The van der Waals surface area contributed by atoms with Gasteiger partial charge in [0.1, 0.15) is 11.3 Å². The molecule has 0 radical (unpaired) electrons. The number of oxazole rings is 1. The van der Waals surface area contributed by atoms with Crippen LogP contribution in [0, 0.1) is 0 Å². The standard InChI is InChI=1S/C21H23N3O4S/c1-2-3-6-13-27-16-11-9-15(10-12-16)20(26)24-23-19(25)14-29-21-22-17-7-4-5-8-18(17)28-21/h4-5,7-12H,2-3,6,13-14H2,1H3,(H,23,25)(H,24,26). The van der Waals surface area contributed by atoms with E-state index in [0.29, 0.717) is 23.0 Å². The van der Waals surface area contributed by atoms with E-state index >= 15 is 0 Å². The van der Waals surface area contributed by atoms with E-state index < -0.39 is 5.91 Å². The first-order chi connectivity index (χ1) is 14.2. The predicted molar refractivity (Wildman–Crippen MR) is 112 cm³/mol. The van der Waals surface area contributed by atoms with Crippen molar-refractivity contribution in [2.75, 3.05) is 12.4 Å². The molecule has 0 fully saturated rings. The topological polar surface area (TPSA) is 93.5 Å². The molecule has 7 nitrogen and oxygen atoms in total. The number of hydrazine groups is 1. The first kappa shape index (κ1) is 20.7. The first-order valence-corrected chi connectivity index (χ1v) is 10.4. The minimum atomic E-state index is -0.400. The molecule has 0 atom stereocenters. The Morgan fingerprint density at radius 1 is 1.07 bits per heavy atom. The minimum absolute atomic E-state index is 0.0671. The number of aromatic nitrogens is 1. The molecule has 0 aliphatic rings. The number of hydrogen-bond donors (Lipinski definition) is 2. The number of fused-ring (bicyclic) bond motifs is 1. The number of hydrogen-bond acceptors (Lipinski definition) is 6. The van der Waals surface area contributed by atoms with Crippen molar-refractivity contribution < 1.29 is 18.7 Å². The van der Waals surface area contributed by atoms with Gasteiger partial charge in [-0.3, -0.25) is 20.4 Å². The van der Waals surface area contributed by atoms with Crippen molar-refractivity contribution >= 4 is 34.7 Å². The lowest BCUT2D eigenvalue weighted by Gasteiger charge is -2.08. The molecular weight excluding hydrogens is 390 g/mol. The number of nitrogens with one attached hydrogen (secondary N) is 2. The van der Waals surface area contributed by atoms with Gasteiger partial charge in [-0.05, 0) is 42.8 Å². The van der Waals surface area contributed by atoms with Crippen LogP contribution in [0.25, 0.3) is 11.1 Å². The van der Waals surface area contributed by atoms with Gasteiger partial charge in [0.2, 0.25) is 5.91 Å². The third kappa shape index (κ3) is 6.25. The molecule has 3 aromatic rings. The van der Waals surface area contributed by atoms with Gasteiger partial charge in [-0.15, -0.1) is 0 Å². The highest BCUT2D eigenvalue weighted by Gasteiger charge is 2.11. The van der Waals surface area contributed by atoms with Crippen LogP contribution in [-0.4, -0.2) is 29.2 Å². The van der Waals surface area contributed by atoms with E-state index in [1.165, 1.54) is 0 Å². The number of rotatable bonds is 9. The van der Waals surface area contributed by atoms with Crippen LogP contribution < -0.4 is 15.6 Å². The zero-order valence-electron chi connectivity index (χ0n) is 16.1. The minimum Gasteiger partial charge on any atom is -0.494 e. The molecule has 2 N–H and O–H groups in total. The van der Waals surface area contributed by atoms with Gasteiger partial charge in [-0.25, -0.2) is 4.98 Å². The Morgan fingerprint density at radius 2 is 1.86 bits per heavy atom. The summed E-state index contributed by atoms with van der Waals surface area (Å²) in [5.74, 6) is 0.0260. The van der Waals surface area contributed by atoms with E-state index in [4.69, 9.17) is 9.15 Å². The fraction of sp³-hybridized carbons (Fsp3) is 0.286. The lowest BCUT2D eigenvalue weighted by atomic mass is 10.2. The molecule has 0 bridgehead atoms. The van der Waals surface area contributed by atoms with Gasteiger partial charge in [0.25, 0.3) is 11.1 Å². The zero-order chi connectivity index (χ0) is 20.5. The van der Waals surface area contributed by atoms with Crippen LogP contribution >= 0.6 is 11.8 Å². The summed E-state index contributed by atoms with van der Waals surface area (Å²) in [6.45, 7) is 2.80. The van der Waals surface area contributed by atoms with Crippen molar-refractivity contribution in [1.82, 2.24) is 15.8 Å². The highest BCUT2D eigenvalue weighted by molar-refractivity contribution is 7.99. The molecule has 0 aliphatic heterocycles. The summed E-state index contributed by atoms with van der Waals surface area (Å²) < 4.78 is 11.2. The normalized spacial score (nSPS) is 10.7. The van der Waals surface area contributed by atoms with E-state index in [1.54, 1.807) is 24.3 Å². The summed E-state index contributed by atoms with van der Waals surface area (Å²) in [6, 6.07) is 14.2. The monoisotopic (exact) mass is 413 g/mol. The SMILES string of the molecule is CCCCCOc1ccc(C(=O)NNC(=O)CSc2nc3ccccc3o2)cc1. The third-order valence-electron chi connectivity index (χ3n) is 4.05. The van der Waals surface area contributed by atoms with Gasteiger partial charge in [0.05, 0.1) is 12.4 Å². The van der Waals surface area contributed by atoms with E-state index in [2.05, 4.69) is 22.8 Å². The smallest absolute Gasteiger partial charge is 0.269 e. The number of carbonyl (C=O) groups excluding carboxylic acids is 2. The maximum absolute atomic E-state index is 12.1. The molecule has 0 spiro atoms. The predicted octanol–water partition coefficient (Wildman–Crippen LogP) is 3.95. The summed E-state index contributed by atoms with van der Waals surface area (Å²) in [7, 11) is 0. The van der Waals surface area contributed by atoms with Crippen molar-refractivity contribution in [2.24, 2.45) is 0 Å². The van der Waals surface area contributed by atoms with Gasteiger partial charge < -0.3 is 9.15 Å². The molecule has 1 aromatic heterocycles. The Kier molecular flexibility index (Phi) is 7.52. The van der Waals surface area contributed by atoms with Gasteiger partial charge in [-0.2, -0.15) is 0 Å². The van der Waals surface area contributed by atoms with Crippen molar-refractivity contribution in [1.29, 1.82) is 0 Å².